The molecule has 3 heterocycles. The highest BCUT2D eigenvalue weighted by Gasteiger charge is 2.53. The van der Waals surface area contributed by atoms with E-state index in [2.05, 4.69) is 0 Å². The number of piperidine rings is 1. The van der Waals surface area contributed by atoms with Crippen LogP contribution in [0.5, 0.6) is 0 Å². The number of ketones is 3. The number of nitrogens with zero attached hydrogens (tertiary/aromatic N) is 1. The van der Waals surface area contributed by atoms with E-state index in [1.807, 2.05) is 51.2 Å². The van der Waals surface area contributed by atoms with E-state index < -0.39 is 95.9 Å². The van der Waals surface area contributed by atoms with Gasteiger partial charge in [0.2, 0.25) is 5.79 Å². The van der Waals surface area contributed by atoms with Gasteiger partial charge in [0.05, 0.1) is 24.4 Å². The Morgan fingerprint density at radius 1 is 0.844 bits per heavy atom. The van der Waals surface area contributed by atoms with Gasteiger partial charge >= 0.3 is 5.97 Å². The van der Waals surface area contributed by atoms with Crippen molar-refractivity contribution in [1.29, 1.82) is 0 Å². The highest BCUT2D eigenvalue weighted by molar-refractivity contribution is 6.39. The summed E-state index contributed by atoms with van der Waals surface area (Å²) in [6.07, 6.45) is 9.61. The molecule has 2 saturated heterocycles. The fourth-order valence-corrected chi connectivity index (χ4v) is 9.88. The fraction of sp³-hybridized carbons (Fsp3) is 0.740. The molecule has 0 aromatic carbocycles. The number of ether oxygens (including phenoxy) is 4. The van der Waals surface area contributed by atoms with Gasteiger partial charge in [-0.2, -0.15) is 0 Å². The number of Topliss-reactive ketones (excluding diaryl/α,β-unsaturated/α-hetero) is 3. The molecule has 1 amide bonds. The van der Waals surface area contributed by atoms with Gasteiger partial charge in [0.25, 0.3) is 11.7 Å². The number of amides is 1. The number of fused-ring (bicyclic) bond motifs is 3. The van der Waals surface area contributed by atoms with Crippen molar-refractivity contribution in [3.63, 3.8) is 0 Å². The smallest absolute Gasteiger partial charge is 0.329 e. The number of hydrogen-bond donors (Lipinski definition) is 4. The standard InChI is InChI=1S/C50H77NO13/c1-29-15-11-10-12-16-30(2)42(61-8)27-37-20-18-35(7)50(60,64-37)47(57)48(58)51-22-14-13-17-38(51)49(59)63-43(32(4)25-36-19-21-39(52)41(54)26-36)28-40(53)31(3)24-34(6)45(56)46(62-9)44(55)33(5)23-29/h10-12,15-16,24,29,31-33,35-39,41-43,45-46,52,54,56,60H,13-14,17-23,25-28H2,1-9H3/b12-10-,15-11-,30-16-,34-24-/t29-,31+,32-,33-,35-,36-,37+,38+,39+,41+,42+,43+,45-,46-,50?/m1/s1. The predicted molar refractivity (Wildman–Crippen MR) is 240 cm³/mol. The molecular formula is C50H77NO13. The van der Waals surface area contributed by atoms with Crippen LogP contribution >= 0.6 is 0 Å². The molecule has 1 unspecified atom stereocenters. The van der Waals surface area contributed by atoms with E-state index in [0.717, 1.165) is 5.57 Å². The number of carbonyl (C=O) groups is 5. The maximum absolute atomic E-state index is 14.3. The average molecular weight is 900 g/mol. The number of cyclic esters (lactones) is 1. The normalized spacial score (nSPS) is 40.9. The lowest BCUT2D eigenvalue weighted by molar-refractivity contribution is -0.265. The van der Waals surface area contributed by atoms with Crippen molar-refractivity contribution >= 4 is 29.2 Å². The summed E-state index contributed by atoms with van der Waals surface area (Å²) in [5.74, 6) is -8.29. The van der Waals surface area contributed by atoms with E-state index in [0.29, 0.717) is 69.8 Å². The lowest BCUT2D eigenvalue weighted by Gasteiger charge is -2.42. The third-order valence-electron chi connectivity index (χ3n) is 14.2. The van der Waals surface area contributed by atoms with Gasteiger partial charge < -0.3 is 44.3 Å². The van der Waals surface area contributed by atoms with Crippen molar-refractivity contribution in [1.82, 2.24) is 4.90 Å². The molecule has 360 valence electrons. The van der Waals surface area contributed by atoms with Crippen LogP contribution in [0, 0.1) is 35.5 Å². The molecule has 4 rings (SSSR count). The van der Waals surface area contributed by atoms with Crippen molar-refractivity contribution in [2.45, 2.75) is 180 Å². The second-order valence-corrected chi connectivity index (χ2v) is 19.4. The first kappa shape index (κ1) is 53.2. The van der Waals surface area contributed by atoms with Gasteiger partial charge in [-0.25, -0.2) is 4.79 Å². The summed E-state index contributed by atoms with van der Waals surface area (Å²) in [5, 5.41) is 43.9. The summed E-state index contributed by atoms with van der Waals surface area (Å²) >= 11 is 0. The first-order valence-electron chi connectivity index (χ1n) is 23.5. The van der Waals surface area contributed by atoms with Gasteiger partial charge in [-0.15, -0.1) is 0 Å². The molecule has 4 N–H and O–H groups in total. The molecule has 14 heteroatoms. The van der Waals surface area contributed by atoms with Crippen LogP contribution in [0.15, 0.2) is 47.6 Å². The van der Waals surface area contributed by atoms with E-state index in [1.54, 1.807) is 40.9 Å². The third-order valence-corrected chi connectivity index (χ3v) is 14.2. The number of carbonyl (C=O) groups excluding carboxylic acids is 5. The van der Waals surface area contributed by atoms with Crippen molar-refractivity contribution in [3.8, 4) is 0 Å². The lowest BCUT2D eigenvalue weighted by Crippen LogP contribution is -2.61. The summed E-state index contributed by atoms with van der Waals surface area (Å²) < 4.78 is 23.7. The number of hydrogen-bond acceptors (Lipinski definition) is 13. The van der Waals surface area contributed by atoms with Gasteiger partial charge in [0.15, 0.2) is 5.78 Å². The Hall–Kier alpha value is -3.37. The maximum atomic E-state index is 14.3. The Morgan fingerprint density at radius 3 is 2.23 bits per heavy atom. The SMILES string of the molecule is CO[C@H]1C[C@@H]2CC[C@@H](C)C(O)(O2)C(=O)C(=O)N2CCCC[C@H]2C(=O)O[C@H]([C@H](C)C[C@H]2CC[C@H](O)[C@@H](O)C2)CC(=O)[C@@H](C)/C=C(/C)[C@@H](O)[C@H](OC)C(=O)[C@H](C)C[C@H](C)\C=C/C=C\C=C/1C. The molecule has 3 fully saturated rings. The fourth-order valence-electron chi connectivity index (χ4n) is 9.88. The van der Waals surface area contributed by atoms with Crippen molar-refractivity contribution in [2.75, 3.05) is 20.8 Å². The topological polar surface area (TPSA) is 206 Å². The molecule has 15 atom stereocenters. The molecular weight excluding hydrogens is 823 g/mol. The Morgan fingerprint density at radius 2 is 1.56 bits per heavy atom. The van der Waals surface area contributed by atoms with Crippen LogP contribution in [0.25, 0.3) is 0 Å². The molecule has 0 spiro atoms. The number of allylic oxidation sites excluding steroid dienone is 6. The third kappa shape index (κ3) is 13.8. The van der Waals surface area contributed by atoms with Crippen molar-refractivity contribution in [2.24, 2.45) is 35.5 Å². The Balaban J connectivity index is 1.70. The minimum Gasteiger partial charge on any atom is -0.460 e. The Bertz CT molecular complexity index is 1740. The minimum absolute atomic E-state index is 0.0134. The second kappa shape index (κ2) is 24.4. The first-order chi connectivity index (χ1) is 30.2. The molecule has 4 aliphatic rings. The molecule has 0 radical (unpaired) electrons. The van der Waals surface area contributed by atoms with Gasteiger partial charge in [0, 0.05) is 51.4 Å². The van der Waals surface area contributed by atoms with Crippen LogP contribution in [-0.4, -0.2) is 130 Å². The van der Waals surface area contributed by atoms with Crippen molar-refractivity contribution in [3.05, 3.63) is 47.6 Å². The van der Waals surface area contributed by atoms with E-state index in [-0.39, 0.29) is 42.8 Å². The van der Waals surface area contributed by atoms with Crippen LogP contribution < -0.4 is 0 Å². The molecule has 2 bridgehead atoms. The van der Waals surface area contributed by atoms with Crippen LogP contribution in [0.3, 0.4) is 0 Å². The zero-order chi connectivity index (χ0) is 47.5. The predicted octanol–water partition coefficient (Wildman–Crippen LogP) is 5.53. The zero-order valence-electron chi connectivity index (χ0n) is 39.6. The lowest BCUT2D eigenvalue weighted by atomic mass is 9.78. The molecule has 1 aliphatic carbocycles. The van der Waals surface area contributed by atoms with Crippen LogP contribution in [0.4, 0.5) is 0 Å². The highest BCUT2D eigenvalue weighted by Crippen LogP contribution is 2.37. The summed E-state index contributed by atoms with van der Waals surface area (Å²) in [6.45, 7) is 12.6. The molecule has 1 saturated carbocycles. The van der Waals surface area contributed by atoms with Gasteiger partial charge in [0.1, 0.15) is 30.1 Å². The monoisotopic (exact) mass is 900 g/mol. The highest BCUT2D eigenvalue weighted by atomic mass is 16.6. The number of aliphatic hydroxyl groups excluding tert-OH is 3. The summed E-state index contributed by atoms with van der Waals surface area (Å²) in [4.78, 5) is 71.5. The Labute approximate surface area is 380 Å². The van der Waals surface area contributed by atoms with Gasteiger partial charge in [-0.05, 0) is 107 Å². The molecule has 14 nitrogen and oxygen atoms in total. The molecule has 64 heavy (non-hydrogen) atoms. The number of aliphatic hydroxyl groups is 4. The number of esters is 1. The first-order valence-corrected chi connectivity index (χ1v) is 23.5. The average Bonchev–Trinajstić information content (AvgIpc) is 3.26. The van der Waals surface area contributed by atoms with E-state index in [1.165, 1.54) is 12.0 Å². The van der Waals surface area contributed by atoms with Crippen LogP contribution in [0.2, 0.25) is 0 Å². The molecule has 0 aromatic heterocycles. The van der Waals surface area contributed by atoms with Crippen molar-refractivity contribution < 1.29 is 63.3 Å². The quantitative estimate of drug-likeness (QED) is 0.153. The summed E-state index contributed by atoms with van der Waals surface area (Å²) in [5.41, 5.74) is 1.24. The van der Waals surface area contributed by atoms with E-state index in [9.17, 15) is 44.4 Å². The maximum Gasteiger partial charge on any atom is 0.329 e. The van der Waals surface area contributed by atoms with E-state index >= 15 is 0 Å². The van der Waals surface area contributed by atoms with E-state index in [4.69, 9.17) is 18.9 Å². The number of rotatable bonds is 5. The Kier molecular flexibility index (Phi) is 20.3. The molecule has 0 aromatic rings. The van der Waals surface area contributed by atoms with Gasteiger partial charge in [-0.3, -0.25) is 19.2 Å². The largest absolute Gasteiger partial charge is 0.460 e. The number of methoxy groups -OCH3 is 2. The summed E-state index contributed by atoms with van der Waals surface area (Å²) in [6, 6.07) is -1.16. The summed E-state index contributed by atoms with van der Waals surface area (Å²) in [7, 11) is 2.94. The minimum atomic E-state index is -2.44. The zero-order valence-corrected chi connectivity index (χ0v) is 39.6. The van der Waals surface area contributed by atoms with Crippen LogP contribution in [-0.2, 0) is 42.9 Å². The second-order valence-electron chi connectivity index (χ2n) is 19.4. The van der Waals surface area contributed by atoms with Crippen LogP contribution in [0.1, 0.15) is 126 Å². The van der Waals surface area contributed by atoms with Gasteiger partial charge in [-0.1, -0.05) is 71.1 Å². The molecule has 3 aliphatic heterocycles.